The second-order valence-corrected chi connectivity index (χ2v) is 3.86. The van der Waals surface area contributed by atoms with Crippen LogP contribution in [0.2, 0.25) is 0 Å². The molecule has 1 N–H and O–H groups in total. The molecule has 2 aromatic rings. The Balaban J connectivity index is 1.61. The average Bonchev–Trinajstić information content (AvgIpc) is 2.76. The van der Waals surface area contributed by atoms with Gasteiger partial charge in [-0.05, 0) is 5.56 Å². The zero-order chi connectivity index (χ0) is 11.9. The minimum absolute atomic E-state index is 0.651. The second kappa shape index (κ2) is 6.06. The van der Waals surface area contributed by atoms with E-state index in [1.807, 2.05) is 31.4 Å². The lowest BCUT2D eigenvalue weighted by atomic mass is 10.2. The molecule has 0 saturated carbocycles. The molecular weight excluding hydrogens is 214 g/mol. The number of benzene rings is 1. The fraction of sp³-hybridized carbons (Fsp3) is 0.308. The van der Waals surface area contributed by atoms with E-state index in [4.69, 9.17) is 4.74 Å². The summed E-state index contributed by atoms with van der Waals surface area (Å²) in [5.41, 5.74) is 1.29. The van der Waals surface area contributed by atoms with Gasteiger partial charge in [-0.1, -0.05) is 30.3 Å². The monoisotopic (exact) mass is 231 g/mol. The van der Waals surface area contributed by atoms with Crippen LogP contribution in [0, 0.1) is 0 Å². The molecule has 90 valence electrons. The first kappa shape index (κ1) is 11.7. The molecule has 1 aromatic carbocycles. The molecule has 0 saturated heterocycles. The molecule has 0 spiro atoms. The molecule has 0 bridgehead atoms. The summed E-state index contributed by atoms with van der Waals surface area (Å²) in [6, 6.07) is 10.3. The van der Waals surface area contributed by atoms with Crippen molar-refractivity contribution in [2.24, 2.45) is 7.05 Å². The topological polar surface area (TPSA) is 39.1 Å². The smallest absolute Gasteiger partial charge is 0.157 e. The number of hydrogen-bond acceptors (Lipinski definition) is 3. The van der Waals surface area contributed by atoms with E-state index in [-0.39, 0.29) is 0 Å². The van der Waals surface area contributed by atoms with Gasteiger partial charge in [0, 0.05) is 20.1 Å². The highest BCUT2D eigenvalue weighted by Crippen LogP contribution is 2.05. The van der Waals surface area contributed by atoms with E-state index >= 15 is 0 Å². The largest absolute Gasteiger partial charge is 0.489 e. The van der Waals surface area contributed by atoms with Crippen molar-refractivity contribution in [3.05, 3.63) is 48.3 Å². The quantitative estimate of drug-likeness (QED) is 0.767. The Kier molecular flexibility index (Phi) is 4.16. The Hall–Kier alpha value is -1.81. The zero-order valence-electron chi connectivity index (χ0n) is 9.97. The van der Waals surface area contributed by atoms with Gasteiger partial charge in [0.25, 0.3) is 0 Å². The molecule has 4 nitrogen and oxygen atoms in total. The lowest BCUT2D eigenvalue weighted by molar-refractivity contribution is 0.313. The first-order valence-corrected chi connectivity index (χ1v) is 5.71. The van der Waals surface area contributed by atoms with Crippen LogP contribution in [0.3, 0.4) is 0 Å². The first-order chi connectivity index (χ1) is 8.34. The number of nitrogens with zero attached hydrogens (tertiary/aromatic N) is 2. The van der Waals surface area contributed by atoms with Crippen molar-refractivity contribution in [2.75, 3.05) is 13.2 Å². The maximum Gasteiger partial charge on any atom is 0.157 e. The third-order valence-corrected chi connectivity index (χ3v) is 2.40. The molecule has 0 aliphatic heterocycles. The maximum absolute atomic E-state index is 5.52. The number of nitrogens with one attached hydrogen (secondary N) is 1. The Morgan fingerprint density at radius 1 is 1.29 bits per heavy atom. The van der Waals surface area contributed by atoms with Crippen LogP contribution in [0.1, 0.15) is 5.56 Å². The lowest BCUT2D eigenvalue weighted by Gasteiger charge is -2.05. The van der Waals surface area contributed by atoms with Gasteiger partial charge in [0.1, 0.15) is 6.61 Å². The molecule has 0 fully saturated rings. The van der Waals surface area contributed by atoms with Crippen molar-refractivity contribution in [2.45, 2.75) is 6.54 Å². The third kappa shape index (κ3) is 3.92. The second-order valence-electron chi connectivity index (χ2n) is 3.86. The Morgan fingerprint density at radius 3 is 2.82 bits per heavy atom. The highest BCUT2D eigenvalue weighted by Gasteiger charge is 1.96. The molecule has 0 aliphatic rings. The molecular formula is C13H17N3O. The summed E-state index contributed by atoms with van der Waals surface area (Å²) in [5, 5.41) is 7.36. The number of aromatic nitrogens is 2. The van der Waals surface area contributed by atoms with Crippen LogP contribution < -0.4 is 10.1 Å². The van der Waals surface area contributed by atoms with E-state index in [9.17, 15) is 0 Å². The summed E-state index contributed by atoms with van der Waals surface area (Å²) in [6.45, 7) is 2.35. The molecule has 17 heavy (non-hydrogen) atoms. The Morgan fingerprint density at radius 2 is 2.12 bits per heavy atom. The van der Waals surface area contributed by atoms with Crippen molar-refractivity contribution < 1.29 is 4.74 Å². The Bertz CT molecular complexity index is 439. The van der Waals surface area contributed by atoms with E-state index in [1.54, 1.807) is 10.9 Å². The highest BCUT2D eigenvalue weighted by atomic mass is 16.5. The van der Waals surface area contributed by atoms with Crippen LogP contribution in [-0.2, 0) is 13.6 Å². The molecule has 0 atom stereocenters. The van der Waals surface area contributed by atoms with Crippen molar-refractivity contribution in [3.63, 3.8) is 0 Å². The summed E-state index contributed by atoms with van der Waals surface area (Å²) in [4.78, 5) is 0. The molecule has 0 aliphatic carbocycles. The van der Waals surface area contributed by atoms with Crippen molar-refractivity contribution in [3.8, 4) is 5.75 Å². The minimum Gasteiger partial charge on any atom is -0.489 e. The fourth-order valence-electron chi connectivity index (χ4n) is 1.54. The van der Waals surface area contributed by atoms with Crippen LogP contribution in [0.4, 0.5) is 0 Å². The summed E-state index contributed by atoms with van der Waals surface area (Å²) >= 11 is 0. The normalized spacial score (nSPS) is 10.4. The van der Waals surface area contributed by atoms with Crippen molar-refractivity contribution >= 4 is 0 Å². The predicted octanol–water partition coefficient (Wildman–Crippen LogP) is 1.59. The standard InChI is InChI=1S/C13H17N3O/c1-16-11-13(10-15-16)17-8-7-14-9-12-5-3-2-4-6-12/h2-6,10-11,14H,7-9H2,1H3. The summed E-state index contributed by atoms with van der Waals surface area (Å²) < 4.78 is 7.25. The zero-order valence-corrected chi connectivity index (χ0v) is 9.97. The van der Waals surface area contributed by atoms with Gasteiger partial charge in [-0.3, -0.25) is 4.68 Å². The van der Waals surface area contributed by atoms with E-state index in [0.29, 0.717) is 6.61 Å². The minimum atomic E-state index is 0.651. The van der Waals surface area contributed by atoms with Gasteiger partial charge in [0.15, 0.2) is 5.75 Å². The number of rotatable bonds is 6. The van der Waals surface area contributed by atoms with Gasteiger partial charge in [-0.25, -0.2) is 0 Å². The van der Waals surface area contributed by atoms with E-state index < -0.39 is 0 Å². The summed E-state index contributed by atoms with van der Waals surface area (Å²) in [5.74, 6) is 0.814. The molecule has 1 heterocycles. The Labute approximate surface area is 101 Å². The highest BCUT2D eigenvalue weighted by molar-refractivity contribution is 5.14. The van der Waals surface area contributed by atoms with Crippen LogP contribution in [0.5, 0.6) is 5.75 Å². The van der Waals surface area contributed by atoms with Crippen LogP contribution in [0.15, 0.2) is 42.7 Å². The van der Waals surface area contributed by atoms with Gasteiger partial charge in [-0.15, -0.1) is 0 Å². The van der Waals surface area contributed by atoms with Gasteiger partial charge in [0.05, 0.1) is 12.4 Å². The SMILES string of the molecule is Cn1cc(OCCNCc2ccccc2)cn1. The van der Waals surface area contributed by atoms with Gasteiger partial charge in [0.2, 0.25) is 0 Å². The molecule has 0 unspecified atom stereocenters. The van der Waals surface area contributed by atoms with Gasteiger partial charge in [-0.2, -0.15) is 5.10 Å². The molecule has 0 amide bonds. The molecule has 4 heteroatoms. The third-order valence-electron chi connectivity index (χ3n) is 2.40. The van der Waals surface area contributed by atoms with E-state index in [1.165, 1.54) is 5.56 Å². The maximum atomic E-state index is 5.52. The molecule has 0 radical (unpaired) electrons. The summed E-state index contributed by atoms with van der Waals surface area (Å²) in [7, 11) is 1.88. The van der Waals surface area contributed by atoms with Gasteiger partial charge < -0.3 is 10.1 Å². The molecule has 1 aromatic heterocycles. The van der Waals surface area contributed by atoms with Gasteiger partial charge >= 0.3 is 0 Å². The summed E-state index contributed by atoms with van der Waals surface area (Å²) in [6.07, 6.45) is 3.58. The van der Waals surface area contributed by atoms with Crippen molar-refractivity contribution in [1.29, 1.82) is 0 Å². The van der Waals surface area contributed by atoms with Crippen LogP contribution in [0.25, 0.3) is 0 Å². The fourth-order valence-corrected chi connectivity index (χ4v) is 1.54. The van der Waals surface area contributed by atoms with Crippen molar-refractivity contribution in [1.82, 2.24) is 15.1 Å². The number of hydrogen-bond donors (Lipinski definition) is 1. The number of ether oxygens (including phenoxy) is 1. The van der Waals surface area contributed by atoms with Crippen LogP contribution >= 0.6 is 0 Å². The number of aryl methyl sites for hydroxylation is 1. The lowest BCUT2D eigenvalue weighted by Crippen LogP contribution is -2.20. The average molecular weight is 231 g/mol. The van der Waals surface area contributed by atoms with E-state index in [0.717, 1.165) is 18.8 Å². The van der Waals surface area contributed by atoms with E-state index in [2.05, 4.69) is 22.5 Å². The predicted molar refractivity (Wildman–Crippen MR) is 66.9 cm³/mol. The first-order valence-electron chi connectivity index (χ1n) is 5.71. The van der Waals surface area contributed by atoms with Crippen LogP contribution in [-0.4, -0.2) is 22.9 Å². The molecule has 2 rings (SSSR count).